The summed E-state index contributed by atoms with van der Waals surface area (Å²) in [7, 11) is 0. The summed E-state index contributed by atoms with van der Waals surface area (Å²) in [4.78, 5) is 33.2. The molecule has 2 aromatic heterocycles. The van der Waals surface area contributed by atoms with Gasteiger partial charge >= 0.3 is 0 Å². The van der Waals surface area contributed by atoms with E-state index in [2.05, 4.69) is 25.7 Å². The second-order valence-corrected chi connectivity index (χ2v) is 7.01. The van der Waals surface area contributed by atoms with Crippen molar-refractivity contribution in [3.05, 3.63) is 46.8 Å². The highest BCUT2D eigenvalue weighted by Gasteiger charge is 2.16. The Kier molecular flexibility index (Phi) is 5.93. The third kappa shape index (κ3) is 4.14. The first kappa shape index (κ1) is 19.8. The quantitative estimate of drug-likeness (QED) is 0.618. The molecule has 3 rings (SSSR count). The Morgan fingerprint density at radius 3 is 2.50 bits per heavy atom. The molecule has 9 heteroatoms. The normalized spacial score (nSPS) is 10.9. The molecule has 2 N–H and O–H groups in total. The molecule has 0 saturated carbocycles. The molecule has 0 radical (unpaired) electrons. The van der Waals surface area contributed by atoms with Crippen molar-refractivity contribution in [3.8, 4) is 0 Å². The Morgan fingerprint density at radius 2 is 1.86 bits per heavy atom. The van der Waals surface area contributed by atoms with E-state index >= 15 is 0 Å². The Morgan fingerprint density at radius 1 is 1.14 bits per heavy atom. The van der Waals surface area contributed by atoms with Crippen molar-refractivity contribution in [2.45, 2.75) is 32.3 Å². The maximum Gasteiger partial charge on any atom is 0.253 e. The average Bonchev–Trinajstić information content (AvgIpc) is 3.09. The summed E-state index contributed by atoms with van der Waals surface area (Å²) in [6.45, 7) is 6.21. The van der Waals surface area contributed by atoms with Crippen LogP contribution in [0.4, 0.5) is 5.69 Å². The van der Waals surface area contributed by atoms with E-state index in [0.717, 1.165) is 17.0 Å². The number of rotatable bonds is 6. The SMILES string of the molecule is CCNC(=O)c1ccc(NC(=O)Cc2c(C)nc3nc(SC)nn3c2C)cc1. The number of anilines is 1. The second kappa shape index (κ2) is 8.39. The molecule has 0 aliphatic heterocycles. The highest BCUT2D eigenvalue weighted by Crippen LogP contribution is 2.18. The van der Waals surface area contributed by atoms with Crippen LogP contribution in [0.25, 0.3) is 5.78 Å². The van der Waals surface area contributed by atoms with Crippen LogP contribution in [-0.2, 0) is 11.2 Å². The van der Waals surface area contributed by atoms with Gasteiger partial charge in [-0.3, -0.25) is 9.59 Å². The van der Waals surface area contributed by atoms with Gasteiger partial charge in [0, 0.05) is 34.7 Å². The van der Waals surface area contributed by atoms with Crippen LogP contribution in [-0.4, -0.2) is 44.2 Å². The topological polar surface area (TPSA) is 101 Å². The van der Waals surface area contributed by atoms with E-state index < -0.39 is 0 Å². The summed E-state index contributed by atoms with van der Waals surface area (Å²) in [5.41, 5.74) is 3.61. The van der Waals surface area contributed by atoms with E-state index in [9.17, 15) is 9.59 Å². The van der Waals surface area contributed by atoms with E-state index in [4.69, 9.17) is 0 Å². The number of aryl methyl sites for hydroxylation is 2. The zero-order chi connectivity index (χ0) is 20.3. The summed E-state index contributed by atoms with van der Waals surface area (Å²) in [6, 6.07) is 6.80. The van der Waals surface area contributed by atoms with Gasteiger partial charge in [-0.25, -0.2) is 9.50 Å². The Labute approximate surface area is 167 Å². The number of carbonyl (C=O) groups is 2. The van der Waals surface area contributed by atoms with Crippen LogP contribution in [0.1, 0.15) is 34.2 Å². The van der Waals surface area contributed by atoms with Crippen molar-refractivity contribution < 1.29 is 9.59 Å². The molecular formula is C19H22N6O2S. The smallest absolute Gasteiger partial charge is 0.253 e. The summed E-state index contributed by atoms with van der Waals surface area (Å²) >= 11 is 1.45. The van der Waals surface area contributed by atoms with Crippen LogP contribution < -0.4 is 10.6 Å². The van der Waals surface area contributed by atoms with Gasteiger partial charge in [0.1, 0.15) is 0 Å². The fourth-order valence-electron chi connectivity index (χ4n) is 2.87. The highest BCUT2D eigenvalue weighted by atomic mass is 32.2. The van der Waals surface area contributed by atoms with Crippen LogP contribution in [0.3, 0.4) is 0 Å². The zero-order valence-electron chi connectivity index (χ0n) is 16.2. The lowest BCUT2D eigenvalue weighted by Crippen LogP contribution is -2.22. The molecule has 8 nitrogen and oxygen atoms in total. The minimum absolute atomic E-state index is 0.136. The molecule has 0 spiro atoms. The number of nitrogens with zero attached hydrogens (tertiary/aromatic N) is 4. The lowest BCUT2D eigenvalue weighted by molar-refractivity contribution is -0.115. The van der Waals surface area contributed by atoms with Crippen LogP contribution in [0, 0.1) is 13.8 Å². The van der Waals surface area contributed by atoms with Crippen molar-refractivity contribution >= 4 is 35.0 Å². The maximum atomic E-state index is 12.5. The lowest BCUT2D eigenvalue weighted by atomic mass is 10.1. The van der Waals surface area contributed by atoms with Crippen LogP contribution in [0.15, 0.2) is 29.4 Å². The Hall–Kier alpha value is -2.94. The van der Waals surface area contributed by atoms with Gasteiger partial charge < -0.3 is 10.6 Å². The van der Waals surface area contributed by atoms with Gasteiger partial charge in [0.15, 0.2) is 0 Å². The minimum atomic E-state index is -0.164. The molecule has 0 unspecified atom stereocenters. The number of amides is 2. The number of carbonyl (C=O) groups excluding carboxylic acids is 2. The van der Waals surface area contributed by atoms with E-state index in [1.54, 1.807) is 28.8 Å². The molecule has 1 aromatic carbocycles. The highest BCUT2D eigenvalue weighted by molar-refractivity contribution is 7.98. The van der Waals surface area contributed by atoms with Crippen LogP contribution in [0.2, 0.25) is 0 Å². The number of hydrogen-bond donors (Lipinski definition) is 2. The number of benzene rings is 1. The molecule has 28 heavy (non-hydrogen) atoms. The molecule has 0 atom stereocenters. The summed E-state index contributed by atoms with van der Waals surface area (Å²) in [5, 5.41) is 10.6. The van der Waals surface area contributed by atoms with E-state index in [-0.39, 0.29) is 18.2 Å². The number of thioether (sulfide) groups is 1. The molecular weight excluding hydrogens is 376 g/mol. The third-order valence-corrected chi connectivity index (χ3v) is 4.86. The standard InChI is InChI=1S/C19H22N6O2S/c1-5-20-17(27)13-6-8-14(9-7-13)22-16(26)10-15-11(2)21-18-23-19(28-4)24-25(18)12(15)3/h6-9H,5,10H2,1-4H3,(H,20,27)(H,22,26). The number of nitrogens with one attached hydrogen (secondary N) is 2. The summed E-state index contributed by atoms with van der Waals surface area (Å²) < 4.78 is 1.67. The number of fused-ring (bicyclic) bond motifs is 1. The molecule has 146 valence electrons. The van der Waals surface area contributed by atoms with Crippen molar-refractivity contribution in [1.29, 1.82) is 0 Å². The molecule has 0 aliphatic carbocycles. The minimum Gasteiger partial charge on any atom is -0.352 e. The van der Waals surface area contributed by atoms with E-state index in [0.29, 0.717) is 28.7 Å². The van der Waals surface area contributed by atoms with Crippen molar-refractivity contribution in [2.75, 3.05) is 18.1 Å². The first-order chi connectivity index (χ1) is 13.4. The van der Waals surface area contributed by atoms with Crippen molar-refractivity contribution in [1.82, 2.24) is 24.9 Å². The second-order valence-electron chi connectivity index (χ2n) is 6.23. The van der Waals surface area contributed by atoms with Gasteiger partial charge in [-0.1, -0.05) is 11.8 Å². The zero-order valence-corrected chi connectivity index (χ0v) is 17.1. The molecule has 0 fully saturated rings. The third-order valence-electron chi connectivity index (χ3n) is 4.32. The van der Waals surface area contributed by atoms with Crippen molar-refractivity contribution in [2.24, 2.45) is 0 Å². The predicted molar refractivity (Wildman–Crippen MR) is 109 cm³/mol. The lowest BCUT2D eigenvalue weighted by Gasteiger charge is -2.11. The first-order valence-electron chi connectivity index (χ1n) is 8.88. The fraction of sp³-hybridized carbons (Fsp3) is 0.316. The average molecular weight is 398 g/mol. The molecule has 0 bridgehead atoms. The van der Waals surface area contributed by atoms with Gasteiger partial charge in [0.2, 0.25) is 11.1 Å². The van der Waals surface area contributed by atoms with Crippen molar-refractivity contribution in [3.63, 3.8) is 0 Å². The Balaban J connectivity index is 1.75. The summed E-state index contributed by atoms with van der Waals surface area (Å²) in [5.74, 6) is 0.233. The van der Waals surface area contributed by atoms with Crippen LogP contribution >= 0.6 is 11.8 Å². The molecule has 0 saturated heterocycles. The van der Waals surface area contributed by atoms with Gasteiger partial charge in [-0.15, -0.1) is 5.10 Å². The van der Waals surface area contributed by atoms with E-state index in [1.165, 1.54) is 11.8 Å². The molecule has 2 amide bonds. The van der Waals surface area contributed by atoms with E-state index in [1.807, 2.05) is 27.0 Å². The first-order valence-corrected chi connectivity index (χ1v) is 10.1. The van der Waals surface area contributed by atoms with Crippen LogP contribution in [0.5, 0.6) is 0 Å². The predicted octanol–water partition coefficient (Wildman–Crippen LogP) is 2.39. The van der Waals surface area contributed by atoms with Gasteiger partial charge in [0.05, 0.1) is 6.42 Å². The van der Waals surface area contributed by atoms with Gasteiger partial charge in [0.25, 0.3) is 11.7 Å². The maximum absolute atomic E-state index is 12.5. The summed E-state index contributed by atoms with van der Waals surface area (Å²) in [6.07, 6.45) is 2.08. The van der Waals surface area contributed by atoms with Gasteiger partial charge in [-0.05, 0) is 51.3 Å². The Bertz CT molecular complexity index is 1030. The molecule has 3 aromatic rings. The van der Waals surface area contributed by atoms with Gasteiger partial charge in [-0.2, -0.15) is 4.98 Å². The largest absolute Gasteiger partial charge is 0.352 e. The molecule has 0 aliphatic rings. The molecule has 2 heterocycles. The fourth-order valence-corrected chi connectivity index (χ4v) is 3.20. The number of aromatic nitrogens is 4. The monoisotopic (exact) mass is 398 g/mol. The number of hydrogen-bond acceptors (Lipinski definition) is 6.